The second-order valence-electron chi connectivity index (χ2n) is 5.83. The van der Waals surface area contributed by atoms with Gasteiger partial charge in [0.2, 0.25) is 0 Å². The zero-order valence-electron chi connectivity index (χ0n) is 12.2. The highest BCUT2D eigenvalue weighted by atomic mass is 14.9. The van der Waals surface area contributed by atoms with Gasteiger partial charge in [-0.3, -0.25) is 0 Å². The molecular weight excluding hydrogens is 242 g/mol. The lowest BCUT2D eigenvalue weighted by molar-refractivity contribution is 0.473. The van der Waals surface area contributed by atoms with Gasteiger partial charge in [-0.1, -0.05) is 54.6 Å². The van der Waals surface area contributed by atoms with Gasteiger partial charge in [0.05, 0.1) is 0 Å². The van der Waals surface area contributed by atoms with Crippen molar-refractivity contribution in [3.05, 3.63) is 71.3 Å². The van der Waals surface area contributed by atoms with Crippen molar-refractivity contribution in [2.75, 3.05) is 6.54 Å². The molecule has 0 aliphatic heterocycles. The molecule has 2 atom stereocenters. The summed E-state index contributed by atoms with van der Waals surface area (Å²) in [5.41, 5.74) is 4.49. The Kier molecular flexibility index (Phi) is 4.17. The number of fused-ring (bicyclic) bond motifs is 1. The molecular formula is C19H23N. The molecule has 0 amide bonds. The quantitative estimate of drug-likeness (QED) is 0.860. The first-order valence-electron chi connectivity index (χ1n) is 7.71. The summed E-state index contributed by atoms with van der Waals surface area (Å²) in [5, 5.41) is 3.71. The van der Waals surface area contributed by atoms with E-state index in [-0.39, 0.29) is 0 Å². The number of hydrogen-bond donors (Lipinski definition) is 1. The Hall–Kier alpha value is -1.60. The molecule has 3 rings (SSSR count). The summed E-state index contributed by atoms with van der Waals surface area (Å²) < 4.78 is 0. The van der Waals surface area contributed by atoms with Crippen molar-refractivity contribution in [3.63, 3.8) is 0 Å². The van der Waals surface area contributed by atoms with Crippen LogP contribution < -0.4 is 5.32 Å². The van der Waals surface area contributed by atoms with Crippen molar-refractivity contribution in [1.29, 1.82) is 0 Å². The fourth-order valence-corrected chi connectivity index (χ4v) is 3.25. The van der Waals surface area contributed by atoms with E-state index in [0.717, 1.165) is 6.54 Å². The fraction of sp³-hybridized carbons (Fsp3) is 0.368. The van der Waals surface area contributed by atoms with Gasteiger partial charge in [0.25, 0.3) is 0 Å². The average Bonchev–Trinajstić information content (AvgIpc) is 2.53. The third-order valence-electron chi connectivity index (χ3n) is 4.46. The molecule has 0 saturated carbocycles. The van der Waals surface area contributed by atoms with Gasteiger partial charge in [0.15, 0.2) is 0 Å². The van der Waals surface area contributed by atoms with Gasteiger partial charge in [-0.15, -0.1) is 0 Å². The minimum atomic E-state index is 0.422. The predicted octanol–water partition coefficient (Wildman–Crippen LogP) is 4.46. The maximum Gasteiger partial charge on any atom is 0.0292 e. The second-order valence-corrected chi connectivity index (χ2v) is 5.83. The molecule has 1 aliphatic rings. The summed E-state index contributed by atoms with van der Waals surface area (Å²) in [6.45, 7) is 3.33. The summed E-state index contributed by atoms with van der Waals surface area (Å²) >= 11 is 0. The molecule has 1 nitrogen and oxygen atoms in total. The first kappa shape index (κ1) is 13.4. The molecule has 104 valence electrons. The molecule has 20 heavy (non-hydrogen) atoms. The molecule has 1 heteroatoms. The van der Waals surface area contributed by atoms with Gasteiger partial charge in [0, 0.05) is 12.6 Å². The standard InChI is InChI=1S/C19H23N/c1-15(16-8-3-2-4-9-16)20-14-18-12-7-11-17-10-5-6-13-19(17)18/h2-6,8-10,13,15,18,20H,7,11-12,14H2,1H3/t15-,18?/m1/s1. The van der Waals surface area contributed by atoms with E-state index in [1.165, 1.54) is 24.8 Å². The van der Waals surface area contributed by atoms with Crippen LogP contribution in [0.3, 0.4) is 0 Å². The van der Waals surface area contributed by atoms with E-state index in [0.29, 0.717) is 12.0 Å². The zero-order valence-corrected chi connectivity index (χ0v) is 12.2. The highest BCUT2D eigenvalue weighted by Crippen LogP contribution is 2.31. The normalized spacial score (nSPS) is 19.4. The van der Waals surface area contributed by atoms with E-state index < -0.39 is 0 Å². The highest BCUT2D eigenvalue weighted by molar-refractivity contribution is 5.33. The van der Waals surface area contributed by atoms with Crippen LogP contribution in [-0.4, -0.2) is 6.54 Å². The summed E-state index contributed by atoms with van der Waals surface area (Å²) in [6, 6.07) is 20.1. The molecule has 0 radical (unpaired) electrons. The molecule has 2 aromatic rings. The maximum absolute atomic E-state index is 3.71. The van der Waals surface area contributed by atoms with Crippen molar-refractivity contribution in [3.8, 4) is 0 Å². The Morgan fingerprint density at radius 2 is 1.80 bits per heavy atom. The van der Waals surface area contributed by atoms with Crippen LogP contribution in [0.25, 0.3) is 0 Å². The van der Waals surface area contributed by atoms with Crippen molar-refractivity contribution in [2.24, 2.45) is 0 Å². The first-order valence-corrected chi connectivity index (χ1v) is 7.71. The van der Waals surface area contributed by atoms with Crippen LogP contribution >= 0.6 is 0 Å². The van der Waals surface area contributed by atoms with Crippen molar-refractivity contribution in [1.82, 2.24) is 5.32 Å². The monoisotopic (exact) mass is 265 g/mol. The van der Waals surface area contributed by atoms with Crippen molar-refractivity contribution >= 4 is 0 Å². The van der Waals surface area contributed by atoms with Gasteiger partial charge in [-0.25, -0.2) is 0 Å². The molecule has 0 spiro atoms. The van der Waals surface area contributed by atoms with Crippen molar-refractivity contribution in [2.45, 2.75) is 38.1 Å². The summed E-state index contributed by atoms with van der Waals surface area (Å²) in [4.78, 5) is 0. The molecule has 1 N–H and O–H groups in total. The average molecular weight is 265 g/mol. The topological polar surface area (TPSA) is 12.0 Å². The third-order valence-corrected chi connectivity index (χ3v) is 4.46. The maximum atomic E-state index is 3.71. The highest BCUT2D eigenvalue weighted by Gasteiger charge is 2.20. The minimum absolute atomic E-state index is 0.422. The van der Waals surface area contributed by atoms with E-state index in [1.54, 1.807) is 11.1 Å². The van der Waals surface area contributed by atoms with Gasteiger partial charge in [-0.05, 0) is 48.8 Å². The van der Waals surface area contributed by atoms with E-state index in [9.17, 15) is 0 Å². The van der Waals surface area contributed by atoms with Gasteiger partial charge in [-0.2, -0.15) is 0 Å². The van der Waals surface area contributed by atoms with Crippen LogP contribution in [0, 0.1) is 0 Å². The summed E-state index contributed by atoms with van der Waals surface area (Å²) in [5.74, 6) is 0.672. The van der Waals surface area contributed by atoms with E-state index in [4.69, 9.17) is 0 Å². The SMILES string of the molecule is C[C@@H](NCC1CCCc2ccccc21)c1ccccc1. The fourth-order valence-electron chi connectivity index (χ4n) is 3.25. The molecule has 0 aromatic heterocycles. The lowest BCUT2D eigenvalue weighted by Crippen LogP contribution is -2.26. The summed E-state index contributed by atoms with van der Waals surface area (Å²) in [6.07, 6.45) is 3.88. The van der Waals surface area contributed by atoms with Crippen molar-refractivity contribution < 1.29 is 0 Å². The van der Waals surface area contributed by atoms with Crippen LogP contribution in [0.5, 0.6) is 0 Å². The molecule has 1 unspecified atom stereocenters. The lowest BCUT2D eigenvalue weighted by atomic mass is 9.82. The largest absolute Gasteiger partial charge is 0.310 e. The predicted molar refractivity (Wildman–Crippen MR) is 85.0 cm³/mol. The smallest absolute Gasteiger partial charge is 0.0292 e. The Balaban J connectivity index is 1.65. The van der Waals surface area contributed by atoms with Gasteiger partial charge < -0.3 is 5.32 Å². The molecule has 0 heterocycles. The van der Waals surface area contributed by atoms with Crippen LogP contribution in [-0.2, 0) is 6.42 Å². The van der Waals surface area contributed by atoms with Crippen LogP contribution in [0.15, 0.2) is 54.6 Å². The third kappa shape index (κ3) is 2.94. The Labute approximate surface area is 122 Å². The number of benzene rings is 2. The lowest BCUT2D eigenvalue weighted by Gasteiger charge is -2.27. The van der Waals surface area contributed by atoms with Crippen LogP contribution in [0.4, 0.5) is 0 Å². The molecule has 0 saturated heterocycles. The van der Waals surface area contributed by atoms with Crippen LogP contribution in [0.1, 0.15) is 48.4 Å². The molecule has 1 aliphatic carbocycles. The molecule has 2 aromatic carbocycles. The van der Waals surface area contributed by atoms with E-state index in [1.807, 2.05) is 0 Å². The number of rotatable bonds is 4. The van der Waals surface area contributed by atoms with Gasteiger partial charge in [0.1, 0.15) is 0 Å². The zero-order chi connectivity index (χ0) is 13.8. The number of hydrogen-bond acceptors (Lipinski definition) is 1. The Bertz CT molecular complexity index is 547. The molecule has 0 bridgehead atoms. The van der Waals surface area contributed by atoms with Gasteiger partial charge >= 0.3 is 0 Å². The summed E-state index contributed by atoms with van der Waals surface area (Å²) in [7, 11) is 0. The van der Waals surface area contributed by atoms with Crippen LogP contribution in [0.2, 0.25) is 0 Å². The molecule has 0 fully saturated rings. The van der Waals surface area contributed by atoms with E-state index in [2.05, 4.69) is 66.8 Å². The minimum Gasteiger partial charge on any atom is -0.310 e. The second kappa shape index (κ2) is 6.23. The Morgan fingerprint density at radius 3 is 2.65 bits per heavy atom. The Morgan fingerprint density at radius 1 is 1.05 bits per heavy atom. The number of nitrogens with one attached hydrogen (secondary N) is 1. The number of aryl methyl sites for hydroxylation is 1. The van der Waals surface area contributed by atoms with E-state index >= 15 is 0 Å². The first-order chi connectivity index (χ1) is 9.84.